The van der Waals surface area contributed by atoms with E-state index in [0.717, 1.165) is 0 Å². The number of para-hydroxylation sites is 1. The Labute approximate surface area is 96.6 Å². The van der Waals surface area contributed by atoms with Crippen LogP contribution in [-0.4, -0.2) is 16.0 Å². The maximum atomic E-state index is 11.7. The van der Waals surface area contributed by atoms with Crippen molar-refractivity contribution in [2.45, 2.75) is 6.61 Å². The number of carbonyl (C=O) groups excluding carboxylic acids is 1. The van der Waals surface area contributed by atoms with Crippen LogP contribution in [-0.2, 0) is 6.61 Å². The lowest BCUT2D eigenvalue weighted by Gasteiger charge is -2.07. The molecule has 16 heavy (non-hydrogen) atoms. The third-order valence-electron chi connectivity index (χ3n) is 2.10. The van der Waals surface area contributed by atoms with Crippen molar-refractivity contribution in [3.05, 3.63) is 46.4 Å². The fraction of sp³-hybridized carbons (Fsp3) is 0.0909. The summed E-state index contributed by atoms with van der Waals surface area (Å²) in [6.07, 6.45) is 0. The van der Waals surface area contributed by atoms with Crippen molar-refractivity contribution < 1.29 is 9.90 Å². The van der Waals surface area contributed by atoms with Crippen LogP contribution in [0.4, 0.5) is 5.69 Å². The maximum absolute atomic E-state index is 11.7. The number of carbonyl (C=O) groups is 1. The van der Waals surface area contributed by atoms with E-state index in [1.165, 1.54) is 11.3 Å². The first-order valence-electron chi connectivity index (χ1n) is 4.69. The van der Waals surface area contributed by atoms with Gasteiger partial charge in [0.1, 0.15) is 5.69 Å². The largest absolute Gasteiger partial charge is 0.392 e. The molecule has 0 aliphatic rings. The third kappa shape index (κ3) is 2.26. The Morgan fingerprint density at radius 3 is 2.94 bits per heavy atom. The first-order chi connectivity index (χ1) is 7.81. The SMILES string of the molecule is O=C(Nc1ccccc1CO)c1cscn1. The minimum atomic E-state index is -0.262. The van der Waals surface area contributed by atoms with Crippen molar-refractivity contribution in [2.75, 3.05) is 5.32 Å². The van der Waals surface area contributed by atoms with Gasteiger partial charge in [0, 0.05) is 16.6 Å². The van der Waals surface area contributed by atoms with Gasteiger partial charge in [-0.05, 0) is 6.07 Å². The van der Waals surface area contributed by atoms with E-state index >= 15 is 0 Å². The maximum Gasteiger partial charge on any atom is 0.275 e. The Hall–Kier alpha value is -1.72. The van der Waals surface area contributed by atoms with Crippen molar-refractivity contribution in [1.29, 1.82) is 0 Å². The molecule has 2 N–H and O–H groups in total. The van der Waals surface area contributed by atoms with Crippen LogP contribution in [0.3, 0.4) is 0 Å². The first kappa shape index (κ1) is 10.8. The van der Waals surface area contributed by atoms with Crippen molar-refractivity contribution in [1.82, 2.24) is 4.98 Å². The number of thiazole rings is 1. The molecule has 0 aliphatic heterocycles. The highest BCUT2D eigenvalue weighted by atomic mass is 32.1. The number of nitrogens with one attached hydrogen (secondary N) is 1. The molecule has 0 atom stereocenters. The predicted molar refractivity (Wildman–Crippen MR) is 62.4 cm³/mol. The van der Waals surface area contributed by atoms with Gasteiger partial charge in [0.05, 0.1) is 12.1 Å². The van der Waals surface area contributed by atoms with Gasteiger partial charge in [0.15, 0.2) is 0 Å². The van der Waals surface area contributed by atoms with E-state index in [-0.39, 0.29) is 12.5 Å². The average molecular weight is 234 g/mol. The number of benzene rings is 1. The summed E-state index contributed by atoms with van der Waals surface area (Å²) in [7, 11) is 0. The summed E-state index contributed by atoms with van der Waals surface area (Å²) in [5.41, 5.74) is 3.29. The molecule has 82 valence electrons. The average Bonchev–Trinajstić information content (AvgIpc) is 2.83. The number of hydrogen-bond acceptors (Lipinski definition) is 4. The lowest BCUT2D eigenvalue weighted by molar-refractivity contribution is 0.102. The van der Waals surface area contributed by atoms with Crippen molar-refractivity contribution in [2.24, 2.45) is 0 Å². The molecule has 0 saturated carbocycles. The number of anilines is 1. The van der Waals surface area contributed by atoms with Gasteiger partial charge in [-0.1, -0.05) is 18.2 Å². The van der Waals surface area contributed by atoms with Crippen molar-refractivity contribution in [3.63, 3.8) is 0 Å². The molecule has 0 bridgehead atoms. The number of aromatic nitrogens is 1. The van der Waals surface area contributed by atoms with E-state index in [0.29, 0.717) is 16.9 Å². The molecule has 4 nitrogen and oxygen atoms in total. The Kier molecular flexibility index (Phi) is 3.28. The van der Waals surface area contributed by atoms with Crippen LogP contribution in [0.25, 0.3) is 0 Å². The first-order valence-corrected chi connectivity index (χ1v) is 5.64. The molecule has 5 heteroatoms. The summed E-state index contributed by atoms with van der Waals surface area (Å²) < 4.78 is 0. The second kappa shape index (κ2) is 4.87. The fourth-order valence-corrected chi connectivity index (χ4v) is 1.82. The molecular weight excluding hydrogens is 224 g/mol. The quantitative estimate of drug-likeness (QED) is 0.852. The zero-order valence-corrected chi connectivity index (χ0v) is 9.20. The van der Waals surface area contributed by atoms with Gasteiger partial charge in [-0.3, -0.25) is 4.79 Å². The zero-order chi connectivity index (χ0) is 11.4. The lowest BCUT2D eigenvalue weighted by Crippen LogP contribution is -2.13. The summed E-state index contributed by atoms with van der Waals surface area (Å²) in [4.78, 5) is 15.6. The van der Waals surface area contributed by atoms with Crippen LogP contribution in [0.15, 0.2) is 35.2 Å². The highest BCUT2D eigenvalue weighted by Crippen LogP contribution is 2.15. The van der Waals surface area contributed by atoms with E-state index in [1.54, 1.807) is 29.1 Å². The number of aliphatic hydroxyl groups excluding tert-OH is 1. The number of amides is 1. The molecule has 1 amide bonds. The molecule has 0 unspecified atom stereocenters. The molecular formula is C11H10N2O2S. The predicted octanol–water partition coefficient (Wildman–Crippen LogP) is 1.89. The molecule has 1 heterocycles. The Bertz CT molecular complexity index is 482. The second-order valence-corrected chi connectivity index (χ2v) is 3.86. The Morgan fingerprint density at radius 1 is 1.44 bits per heavy atom. The smallest absolute Gasteiger partial charge is 0.275 e. The molecule has 1 aromatic heterocycles. The van der Waals surface area contributed by atoms with Crippen LogP contribution < -0.4 is 5.32 Å². The van der Waals surface area contributed by atoms with E-state index in [4.69, 9.17) is 5.11 Å². The molecule has 0 fully saturated rings. The van der Waals surface area contributed by atoms with E-state index in [2.05, 4.69) is 10.3 Å². The van der Waals surface area contributed by atoms with Crippen molar-refractivity contribution in [3.8, 4) is 0 Å². The Balaban J connectivity index is 2.18. The van der Waals surface area contributed by atoms with Gasteiger partial charge in [-0.2, -0.15) is 0 Å². The lowest BCUT2D eigenvalue weighted by atomic mass is 10.2. The zero-order valence-electron chi connectivity index (χ0n) is 8.38. The van der Waals surface area contributed by atoms with Crippen LogP contribution in [0.1, 0.15) is 16.1 Å². The standard InChI is InChI=1S/C11H10N2O2S/c14-5-8-3-1-2-4-9(8)13-11(15)10-6-16-7-12-10/h1-4,6-7,14H,5H2,(H,13,15). The summed E-state index contributed by atoms with van der Waals surface area (Å²) in [5.74, 6) is -0.262. The summed E-state index contributed by atoms with van der Waals surface area (Å²) in [5, 5.41) is 13.5. The highest BCUT2D eigenvalue weighted by Gasteiger charge is 2.09. The number of hydrogen-bond donors (Lipinski definition) is 2. The van der Waals surface area contributed by atoms with Gasteiger partial charge >= 0.3 is 0 Å². The summed E-state index contributed by atoms with van der Waals surface area (Å²) in [6.45, 7) is -0.104. The molecule has 0 radical (unpaired) electrons. The van der Waals surface area contributed by atoms with Gasteiger partial charge in [0.2, 0.25) is 0 Å². The molecule has 2 rings (SSSR count). The van der Waals surface area contributed by atoms with Gasteiger partial charge < -0.3 is 10.4 Å². The van der Waals surface area contributed by atoms with E-state index < -0.39 is 0 Å². The van der Waals surface area contributed by atoms with E-state index in [9.17, 15) is 4.79 Å². The van der Waals surface area contributed by atoms with Crippen molar-refractivity contribution >= 4 is 22.9 Å². The number of nitrogens with zero attached hydrogens (tertiary/aromatic N) is 1. The molecule has 0 spiro atoms. The normalized spacial score (nSPS) is 10.1. The second-order valence-electron chi connectivity index (χ2n) is 3.14. The van der Waals surface area contributed by atoms with Gasteiger partial charge in [0.25, 0.3) is 5.91 Å². The van der Waals surface area contributed by atoms with E-state index in [1.807, 2.05) is 6.07 Å². The van der Waals surface area contributed by atoms with Crippen LogP contribution in [0.2, 0.25) is 0 Å². The van der Waals surface area contributed by atoms with Gasteiger partial charge in [-0.15, -0.1) is 11.3 Å². The van der Waals surface area contributed by atoms with Crippen LogP contribution >= 0.6 is 11.3 Å². The summed E-state index contributed by atoms with van der Waals surface area (Å²) in [6, 6.07) is 7.12. The van der Waals surface area contributed by atoms with Gasteiger partial charge in [-0.25, -0.2) is 4.98 Å². The Morgan fingerprint density at radius 2 is 2.25 bits per heavy atom. The number of aliphatic hydroxyl groups is 1. The minimum absolute atomic E-state index is 0.104. The summed E-state index contributed by atoms with van der Waals surface area (Å²) >= 11 is 1.37. The highest BCUT2D eigenvalue weighted by molar-refractivity contribution is 7.07. The van der Waals surface area contributed by atoms with Crippen LogP contribution in [0.5, 0.6) is 0 Å². The minimum Gasteiger partial charge on any atom is -0.392 e. The number of rotatable bonds is 3. The third-order valence-corrected chi connectivity index (χ3v) is 2.69. The molecule has 0 aliphatic carbocycles. The topological polar surface area (TPSA) is 62.2 Å². The monoisotopic (exact) mass is 234 g/mol. The molecule has 0 saturated heterocycles. The fourth-order valence-electron chi connectivity index (χ4n) is 1.29. The molecule has 2 aromatic rings. The molecule has 1 aromatic carbocycles. The van der Waals surface area contributed by atoms with Crippen LogP contribution in [0, 0.1) is 0 Å².